The van der Waals surface area contributed by atoms with E-state index in [0.717, 1.165) is 16.0 Å². The van der Waals surface area contributed by atoms with Crippen LogP contribution in [0.5, 0.6) is 11.5 Å². The normalized spacial score (nSPS) is 24.1. The first-order chi connectivity index (χ1) is 42.8. The number of likely N-dealkylation sites (N-methyl/N-ethyl adjacent to an activating group) is 1. The van der Waals surface area contributed by atoms with E-state index in [1.54, 1.807) is 65.8 Å². The number of halogens is 3. The highest BCUT2D eigenvalue weighted by molar-refractivity contribution is 9.09. The Balaban J connectivity index is 1.36. The Kier molecular flexibility index (Phi) is 27.7. The van der Waals surface area contributed by atoms with Gasteiger partial charge in [-0.3, -0.25) is 34.6 Å². The Hall–Kier alpha value is -6.36. The number of carbonyl (C=O) groups excluding carboxylic acids is 9. The maximum Gasteiger partial charge on any atom is 0.409 e. The summed E-state index contributed by atoms with van der Waals surface area (Å²) in [6.07, 6.45) is 2.07. The number of hydrogen-bond acceptors (Lipinski definition) is 18. The zero-order chi connectivity index (χ0) is 67.9. The van der Waals surface area contributed by atoms with Crippen LogP contribution in [0.2, 0.25) is 5.02 Å². The molecule has 3 heterocycles. The van der Waals surface area contributed by atoms with Crippen molar-refractivity contribution in [2.75, 3.05) is 62.8 Å². The number of aliphatic hydroxyl groups is 1. The van der Waals surface area contributed by atoms with Crippen LogP contribution in [0.1, 0.15) is 116 Å². The predicted octanol–water partition coefficient (Wildman–Crippen LogP) is 6.79. The number of nitrogens with two attached hydrogens (primary N) is 1. The van der Waals surface area contributed by atoms with E-state index >= 15 is 0 Å². The quantitative estimate of drug-likeness (QED) is 0.0121. The molecular formula is C63H89Br2ClN8O17. The van der Waals surface area contributed by atoms with E-state index in [9.17, 15) is 48.3 Å². The molecule has 8 N–H and O–H groups in total. The molecule has 504 valence electrons. The molecule has 4 bridgehead atoms. The number of carbonyl (C=O) groups is 9. The smallest absolute Gasteiger partial charge is 0.409 e. The number of urea groups is 1. The molecule has 7 amide bonds. The summed E-state index contributed by atoms with van der Waals surface area (Å²) in [6, 6.07) is 2.67. The van der Waals surface area contributed by atoms with E-state index < -0.39 is 120 Å². The molecule has 0 radical (unpaired) electrons. The van der Waals surface area contributed by atoms with Crippen LogP contribution in [-0.2, 0) is 58.9 Å². The van der Waals surface area contributed by atoms with E-state index in [4.69, 9.17) is 50.5 Å². The molecule has 2 fully saturated rings. The third-order valence-corrected chi connectivity index (χ3v) is 18.6. The zero-order valence-electron chi connectivity index (χ0n) is 53.9. The van der Waals surface area contributed by atoms with E-state index in [-0.39, 0.29) is 65.6 Å². The molecule has 25 nitrogen and oxygen atoms in total. The Labute approximate surface area is 553 Å². The third-order valence-electron chi connectivity index (χ3n) is 16.6. The van der Waals surface area contributed by atoms with Gasteiger partial charge in [-0.25, -0.2) is 14.4 Å². The summed E-state index contributed by atoms with van der Waals surface area (Å²) in [7, 11) is 7.04. The molecule has 2 aromatic carbocycles. The van der Waals surface area contributed by atoms with Gasteiger partial charge in [0.2, 0.25) is 17.7 Å². The number of rotatable bonds is 27. The molecule has 5 rings (SSSR count). The van der Waals surface area contributed by atoms with E-state index in [1.807, 2.05) is 13.0 Å². The summed E-state index contributed by atoms with van der Waals surface area (Å²) >= 11 is 13.5. The van der Waals surface area contributed by atoms with Gasteiger partial charge in [-0.1, -0.05) is 88.0 Å². The minimum absolute atomic E-state index is 0.0122. The summed E-state index contributed by atoms with van der Waals surface area (Å²) in [5, 5.41) is 26.6. The molecule has 2 saturated heterocycles. The summed E-state index contributed by atoms with van der Waals surface area (Å²) < 4.78 is 41.1. The van der Waals surface area contributed by atoms with Crippen LogP contribution in [0.3, 0.4) is 0 Å². The van der Waals surface area contributed by atoms with Crippen LogP contribution in [-0.4, -0.2) is 182 Å². The second kappa shape index (κ2) is 33.5. The minimum Gasteiger partial charge on any atom is -0.496 e. The lowest BCUT2D eigenvalue weighted by atomic mass is 9.83. The molecule has 0 unspecified atom stereocenters. The predicted molar refractivity (Wildman–Crippen MR) is 347 cm³/mol. The summed E-state index contributed by atoms with van der Waals surface area (Å²) in [5.41, 5.74) is 3.18. The zero-order valence-corrected chi connectivity index (χ0v) is 57.8. The number of nitrogens with zero attached hydrogens (tertiary/aromatic N) is 2. The molecule has 11 atom stereocenters. The molecule has 28 heteroatoms. The fourth-order valence-electron chi connectivity index (χ4n) is 10.9. The number of esters is 2. The summed E-state index contributed by atoms with van der Waals surface area (Å²) in [5.74, 6) is -4.89. The first-order valence-electron chi connectivity index (χ1n) is 30.1. The second-order valence-corrected chi connectivity index (χ2v) is 26.1. The molecule has 0 aromatic heterocycles. The van der Waals surface area contributed by atoms with Gasteiger partial charge in [-0.2, -0.15) is 0 Å². The number of allylic oxidation sites excluding steroid dienone is 3. The second-order valence-electron chi connectivity index (χ2n) is 24.4. The number of ether oxygens (including phenoxy) is 7. The van der Waals surface area contributed by atoms with Gasteiger partial charge in [0.25, 0.3) is 5.91 Å². The summed E-state index contributed by atoms with van der Waals surface area (Å²) in [4.78, 5) is 124. The van der Waals surface area contributed by atoms with Crippen molar-refractivity contribution in [1.82, 2.24) is 26.2 Å². The van der Waals surface area contributed by atoms with Gasteiger partial charge in [0.15, 0.2) is 5.72 Å². The number of benzene rings is 2. The number of primary amides is 1. The molecule has 3 aliphatic heterocycles. The van der Waals surface area contributed by atoms with E-state index in [0.29, 0.717) is 54.1 Å². The standard InChI is InChI=1S/C63H89Br2ClN8O17/c1-34(2)52(69-41(33-75)18-15-23-61(6,7)91-58(81)39(31-64)32-65)55(78)71-43(19-16-24-68-59(67)82)54(77)70-40-21-22-42(45(28-40)85-11)56(79)73(9)37(5)57(80)89-49-29-50(76)74(10)44-26-38(27-46(86-12)51(44)66)25-35(3)17-14-20-48(87-13)63(84)30-47(88-60(83)72-63)36(4)53-62(49,8)90-53/h14,17,20-22,26-28,33-34,36-37,39,41,43,47-49,52-53,69,84H,15-16,18-19,23-25,29-32H2,1-13H3,(H,70,77)(H,71,78)(H,72,83)(H3,67,68,82)/b20-14+,35-17+/t36-,37+,41+,43+,47+,48-,49+,52+,53+,62+,63+/m1/s1. The number of alkyl halides is 2. The van der Waals surface area contributed by atoms with Gasteiger partial charge in [-0.05, 0) is 109 Å². The highest BCUT2D eigenvalue weighted by Gasteiger charge is 2.64. The highest BCUT2D eigenvalue weighted by atomic mass is 79.9. The lowest BCUT2D eigenvalue weighted by molar-refractivity contribution is -0.161. The molecule has 3 aliphatic rings. The van der Waals surface area contributed by atoms with E-state index in [2.05, 4.69) is 58.4 Å². The molecule has 0 aliphatic carbocycles. The SMILES string of the molecule is COc1cc(NC(=O)[C@H](CCCNC(N)=O)NC(=O)[C@@H](N[C@H](C=O)CCCC(C)(C)OC(=O)C(CBr)CBr)C(C)C)ccc1C(=O)N(C)[C@@H](C)C(=O)O[C@H]1CC(=O)N(C)c2cc(cc(OC)c2Cl)C/C(C)=C/C=C/[C@@H](OC)[C@@]2(O)C[C@H](OC(=O)N2)[C@@H](C)[C@@H]2O[C@@]12C. The van der Waals surface area contributed by atoms with Gasteiger partial charge in [0.1, 0.15) is 64.4 Å². The molecular weight excluding hydrogens is 1340 g/mol. The monoisotopic (exact) mass is 1420 g/mol. The topological polar surface area (TPSA) is 334 Å². The van der Waals surface area contributed by atoms with Crippen LogP contribution in [0.4, 0.5) is 21.0 Å². The first-order valence-corrected chi connectivity index (χ1v) is 32.7. The maximum atomic E-state index is 14.6. The van der Waals surface area contributed by atoms with Crippen molar-refractivity contribution in [3.05, 3.63) is 70.3 Å². The Morgan fingerprint density at radius 3 is 2.30 bits per heavy atom. The van der Waals surface area contributed by atoms with Crippen molar-refractivity contribution in [2.45, 2.75) is 172 Å². The van der Waals surface area contributed by atoms with E-state index in [1.165, 1.54) is 65.4 Å². The molecule has 0 saturated carbocycles. The minimum atomic E-state index is -1.93. The van der Waals surface area contributed by atoms with Crippen molar-refractivity contribution in [3.8, 4) is 11.5 Å². The fourth-order valence-corrected chi connectivity index (χ4v) is 12.8. The average molecular weight is 1430 g/mol. The van der Waals surface area contributed by atoms with Gasteiger partial charge in [-0.15, -0.1) is 0 Å². The first kappa shape index (κ1) is 75.4. The van der Waals surface area contributed by atoms with Crippen LogP contribution in [0.15, 0.2) is 54.1 Å². The third kappa shape index (κ3) is 20.1. The van der Waals surface area contributed by atoms with Gasteiger partial charge < -0.3 is 74.5 Å². The number of anilines is 2. The fraction of sp³-hybridized carbons (Fsp3) is 0.603. The Morgan fingerprint density at radius 1 is 1.00 bits per heavy atom. The Morgan fingerprint density at radius 2 is 1.68 bits per heavy atom. The van der Waals surface area contributed by atoms with Crippen molar-refractivity contribution < 1.29 is 81.4 Å². The number of epoxide rings is 1. The van der Waals surface area contributed by atoms with Crippen molar-refractivity contribution in [1.29, 1.82) is 0 Å². The van der Waals surface area contributed by atoms with Gasteiger partial charge in [0, 0.05) is 62.5 Å². The van der Waals surface area contributed by atoms with Crippen LogP contribution in [0.25, 0.3) is 0 Å². The van der Waals surface area contributed by atoms with Crippen LogP contribution in [0, 0.1) is 17.8 Å². The Bertz CT molecular complexity index is 3020. The number of alkyl carbamates (subject to hydrolysis) is 1. The number of nitrogens with one attached hydrogen (secondary N) is 5. The maximum absolute atomic E-state index is 14.6. The van der Waals surface area contributed by atoms with Crippen LogP contribution >= 0.6 is 43.5 Å². The molecule has 91 heavy (non-hydrogen) atoms. The van der Waals surface area contributed by atoms with Gasteiger partial charge in [0.05, 0.1) is 56.0 Å². The van der Waals surface area contributed by atoms with Crippen molar-refractivity contribution in [3.63, 3.8) is 0 Å². The largest absolute Gasteiger partial charge is 0.496 e. The van der Waals surface area contributed by atoms with Gasteiger partial charge >= 0.3 is 24.1 Å². The molecule has 0 spiro atoms. The lowest BCUT2D eigenvalue weighted by Crippen LogP contribution is -2.63. The number of fused-ring (bicyclic) bond motifs is 5. The van der Waals surface area contributed by atoms with Crippen molar-refractivity contribution in [2.24, 2.45) is 23.5 Å². The number of amides is 7. The number of aldehydes is 1. The summed E-state index contributed by atoms with van der Waals surface area (Å²) in [6.45, 7) is 13.9. The number of hydrogen-bond donors (Lipinski definition) is 7. The van der Waals surface area contributed by atoms with Crippen molar-refractivity contribution >= 4 is 109 Å². The number of methoxy groups -OCH3 is 3. The average Bonchev–Trinajstić information content (AvgIpc) is 1.59. The highest BCUT2D eigenvalue weighted by Crippen LogP contribution is 2.49. The lowest BCUT2D eigenvalue weighted by Gasteiger charge is -2.42. The van der Waals surface area contributed by atoms with Crippen LogP contribution < -0.4 is 46.7 Å². The molecule has 2 aromatic rings.